The Balaban J connectivity index is 0.00000144. The Bertz CT molecular complexity index is 1100. The first-order valence-electron chi connectivity index (χ1n) is 13.8. The van der Waals surface area contributed by atoms with Gasteiger partial charge in [-0.05, 0) is 14.0 Å². The van der Waals surface area contributed by atoms with Crippen LogP contribution in [-0.4, -0.2) is 171 Å². The molecule has 16 N–H and O–H groups in total. The molecule has 2 saturated heterocycles. The predicted octanol–water partition coefficient (Wildman–Crippen LogP) is -12.4. The molecule has 23 heteroatoms. The molecule has 0 amide bonds. The van der Waals surface area contributed by atoms with Gasteiger partial charge in [0.25, 0.3) is 0 Å². The second kappa shape index (κ2) is 18.0. The molecule has 0 radical (unpaired) electrons. The van der Waals surface area contributed by atoms with Gasteiger partial charge in [-0.2, -0.15) is 0 Å². The van der Waals surface area contributed by atoms with Gasteiger partial charge in [0, 0.05) is 6.92 Å². The average Bonchev–Trinajstić information content (AvgIpc) is 3.22. The SMILES string of the molecule is CC(=O)C(=O)[O-].CN[C@@H]1[C@H](O[C@H]2[C@H](O[C@H]3[C@H](O)[C@@H](O)[C@H](NC(=N)N)[C@@H](O)[C@@H]3NC(=N)N)O[C@@H](C)[C@]2(O)C=O)O[C@@H](CO)[C@H](O)[C@H]1O.[Na+]. The second-order valence-electron chi connectivity index (χ2n) is 10.8. The smallest absolute Gasteiger partial charge is 0.542 e. The van der Waals surface area contributed by atoms with Crippen LogP contribution in [0.4, 0.5) is 0 Å². The number of Topliss-reactive ketones (excluding diaryl/α,β-unsaturated/α-hetero) is 1. The van der Waals surface area contributed by atoms with Crippen molar-refractivity contribution in [2.75, 3.05) is 13.7 Å². The number of carbonyl (C=O) groups excluding carboxylic acids is 3. The van der Waals surface area contributed by atoms with Crippen molar-refractivity contribution in [2.45, 2.75) is 105 Å². The third-order valence-electron chi connectivity index (χ3n) is 7.74. The molecule has 0 aromatic rings. The second-order valence-corrected chi connectivity index (χ2v) is 10.8. The number of aliphatic carboxylic acids is 1. The largest absolute Gasteiger partial charge is 1.00 e. The molecule has 22 nitrogen and oxygen atoms in total. The number of nitrogens with one attached hydrogen (secondary N) is 5. The van der Waals surface area contributed by atoms with Crippen molar-refractivity contribution in [3.8, 4) is 0 Å². The van der Waals surface area contributed by atoms with Crippen LogP contribution in [0.25, 0.3) is 0 Å². The maximum atomic E-state index is 12.1. The Hall–Kier alpha value is -2.13. The molecule has 47 heavy (non-hydrogen) atoms. The molecule has 0 bridgehead atoms. The Morgan fingerprint density at radius 3 is 1.87 bits per heavy atom. The summed E-state index contributed by atoms with van der Waals surface area (Å²) in [5.41, 5.74) is 8.38. The van der Waals surface area contributed by atoms with Crippen LogP contribution in [0.2, 0.25) is 0 Å². The number of carboxylic acids is 1. The van der Waals surface area contributed by atoms with Gasteiger partial charge in [0.2, 0.25) is 0 Å². The Morgan fingerprint density at radius 1 is 0.915 bits per heavy atom. The van der Waals surface area contributed by atoms with Crippen LogP contribution in [0.15, 0.2) is 0 Å². The van der Waals surface area contributed by atoms with Gasteiger partial charge >= 0.3 is 29.6 Å². The first kappa shape index (κ1) is 42.9. The minimum atomic E-state index is -2.39. The zero-order valence-electron chi connectivity index (χ0n) is 25.9. The first-order valence-corrected chi connectivity index (χ1v) is 13.8. The van der Waals surface area contributed by atoms with Gasteiger partial charge in [0.15, 0.2) is 42.2 Å². The standard InChI is InChI=1S/C21H39N7O12.C3H4O3.Na/c1-5-21(36,4-30)16(40-17-9(26-2)13(34)10(31)6(3-29)38-17)18(37-5)39-15-8(28-20(24)25)11(32)7(27-19(22)23)12(33)14(15)35;1-2(4)3(5)6;/h4-18,26,29,31-36H,3H2,1-2H3,(H4,22,23,27)(H4,24,25,28);1H3,(H,5,6);/q;;+1/p-1/t5-,6-,7+,8-,9-,10-,11+,12-,13-,14+,15+,16-,17-,18-,21+;;/m0../s1. The number of carboxylic acid groups (broad SMARTS) is 1. The number of nitrogens with two attached hydrogens (primary N) is 2. The number of aliphatic hydroxyl groups is 7. The van der Waals surface area contributed by atoms with E-state index in [-0.39, 0.29) is 35.8 Å². The van der Waals surface area contributed by atoms with Crippen molar-refractivity contribution in [1.29, 1.82) is 10.8 Å². The summed E-state index contributed by atoms with van der Waals surface area (Å²) >= 11 is 0. The fraction of sp³-hybridized carbons (Fsp3) is 0.792. The molecular weight excluding hydrogens is 649 g/mol. The van der Waals surface area contributed by atoms with Crippen LogP contribution in [0.1, 0.15) is 13.8 Å². The number of aldehydes is 1. The van der Waals surface area contributed by atoms with E-state index in [1.165, 1.54) is 14.0 Å². The average molecular weight is 692 g/mol. The number of guanidine groups is 2. The van der Waals surface area contributed by atoms with E-state index >= 15 is 0 Å². The Kier molecular flexibility index (Phi) is 16.5. The molecule has 0 unspecified atom stereocenters. The summed E-state index contributed by atoms with van der Waals surface area (Å²) < 4.78 is 22.9. The van der Waals surface area contributed by atoms with Crippen LogP contribution >= 0.6 is 0 Å². The summed E-state index contributed by atoms with van der Waals surface area (Å²) in [4.78, 5) is 30.8. The number of ether oxygens (including phenoxy) is 4. The van der Waals surface area contributed by atoms with E-state index in [0.717, 1.165) is 6.92 Å². The molecule has 15 atom stereocenters. The quantitative estimate of drug-likeness (QED) is 0.0332. The number of likely N-dealkylation sites (N-methyl/N-ethyl adjacent to an activating group) is 1. The first-order chi connectivity index (χ1) is 21.4. The van der Waals surface area contributed by atoms with Gasteiger partial charge in [0.1, 0.15) is 48.7 Å². The van der Waals surface area contributed by atoms with Gasteiger partial charge in [-0.3, -0.25) is 20.4 Å². The molecule has 1 aliphatic carbocycles. The van der Waals surface area contributed by atoms with Gasteiger partial charge in [-0.1, -0.05) is 0 Å². The molecule has 3 rings (SSSR count). The maximum absolute atomic E-state index is 12.1. The maximum Gasteiger partial charge on any atom is 1.00 e. The minimum absolute atomic E-state index is 0. The molecule has 0 aromatic carbocycles. The summed E-state index contributed by atoms with van der Waals surface area (Å²) in [5.74, 6) is -3.85. The summed E-state index contributed by atoms with van der Waals surface area (Å²) in [6, 6.07) is -3.95. The Morgan fingerprint density at radius 2 is 1.43 bits per heavy atom. The predicted molar refractivity (Wildman–Crippen MR) is 147 cm³/mol. The van der Waals surface area contributed by atoms with Crippen molar-refractivity contribution in [3.63, 3.8) is 0 Å². The van der Waals surface area contributed by atoms with E-state index in [2.05, 4.69) is 16.0 Å². The number of hydrogen-bond donors (Lipinski definition) is 14. The number of rotatable bonds is 10. The fourth-order valence-corrected chi connectivity index (χ4v) is 5.18. The van der Waals surface area contributed by atoms with Gasteiger partial charge in [-0.15, -0.1) is 0 Å². The summed E-state index contributed by atoms with van der Waals surface area (Å²) in [7, 11) is 1.41. The van der Waals surface area contributed by atoms with Gasteiger partial charge < -0.3 is 92.0 Å². The zero-order chi connectivity index (χ0) is 35.3. The zero-order valence-corrected chi connectivity index (χ0v) is 27.9. The van der Waals surface area contributed by atoms with E-state index in [4.69, 9.17) is 41.2 Å². The van der Waals surface area contributed by atoms with E-state index in [0.29, 0.717) is 0 Å². The van der Waals surface area contributed by atoms with Crippen molar-refractivity contribution in [1.82, 2.24) is 16.0 Å². The van der Waals surface area contributed by atoms with E-state index in [1.54, 1.807) is 0 Å². The van der Waals surface area contributed by atoms with Crippen molar-refractivity contribution >= 4 is 30.0 Å². The molecule has 264 valence electrons. The molecule has 0 spiro atoms. The number of aliphatic hydroxyl groups excluding tert-OH is 6. The minimum Gasteiger partial charge on any atom is -0.542 e. The van der Waals surface area contributed by atoms with E-state index in [9.17, 15) is 55.2 Å². The normalized spacial score (nSPS) is 41.3. The number of ketones is 1. The molecule has 1 saturated carbocycles. The molecule has 3 aliphatic rings. The third-order valence-corrected chi connectivity index (χ3v) is 7.74. The van der Waals surface area contributed by atoms with E-state index < -0.39 is 122 Å². The molecule has 2 aliphatic heterocycles. The van der Waals surface area contributed by atoms with Crippen LogP contribution in [0.3, 0.4) is 0 Å². The third kappa shape index (κ3) is 9.74. The van der Waals surface area contributed by atoms with E-state index in [1.807, 2.05) is 0 Å². The molecule has 3 fully saturated rings. The van der Waals surface area contributed by atoms with Crippen molar-refractivity contribution in [3.05, 3.63) is 0 Å². The number of hydrogen-bond acceptors (Lipinski definition) is 18. The fourth-order valence-electron chi connectivity index (χ4n) is 5.18. The molecular formula is C24H42N7NaO15. The van der Waals surface area contributed by atoms with Crippen LogP contribution in [0.5, 0.6) is 0 Å². The summed E-state index contributed by atoms with van der Waals surface area (Å²) in [6.45, 7) is 1.55. The van der Waals surface area contributed by atoms with Crippen molar-refractivity contribution < 1.29 is 104 Å². The van der Waals surface area contributed by atoms with Gasteiger partial charge in [-0.25, -0.2) is 0 Å². The van der Waals surface area contributed by atoms with Crippen LogP contribution < -0.4 is 62.1 Å². The number of carbonyl (C=O) groups is 3. The molecule has 2 heterocycles. The topological polar surface area (TPSA) is 389 Å². The van der Waals surface area contributed by atoms with Crippen LogP contribution in [-0.2, 0) is 33.3 Å². The monoisotopic (exact) mass is 691 g/mol. The molecule has 0 aromatic heterocycles. The van der Waals surface area contributed by atoms with Gasteiger partial charge in [0.05, 0.1) is 36.9 Å². The summed E-state index contributed by atoms with van der Waals surface area (Å²) in [5, 5.41) is 106. The van der Waals surface area contributed by atoms with Crippen LogP contribution in [0, 0.1) is 10.8 Å². The van der Waals surface area contributed by atoms with Crippen molar-refractivity contribution in [2.24, 2.45) is 11.5 Å². The Labute approximate surface area is 290 Å². The summed E-state index contributed by atoms with van der Waals surface area (Å²) in [6.07, 6.45) is -17.3.